The van der Waals surface area contributed by atoms with Crippen molar-refractivity contribution in [2.45, 2.75) is 4.90 Å². The first kappa shape index (κ1) is 14.3. The normalized spacial score (nSPS) is 11.4. The van der Waals surface area contributed by atoms with Gasteiger partial charge >= 0.3 is 5.97 Å². The van der Waals surface area contributed by atoms with E-state index in [9.17, 15) is 14.3 Å². The Balaban J connectivity index is 2.42. The molecule has 0 saturated carbocycles. The van der Waals surface area contributed by atoms with Crippen LogP contribution in [-0.4, -0.2) is 17.3 Å². The minimum absolute atomic E-state index is 0.0707. The average Bonchev–Trinajstić information content (AvgIpc) is 2.45. The molecule has 4 heteroatoms. The molecule has 0 saturated heterocycles. The van der Waals surface area contributed by atoms with Crippen LogP contribution in [0.25, 0.3) is 11.6 Å². The van der Waals surface area contributed by atoms with Crippen molar-refractivity contribution in [2.75, 3.05) is 6.26 Å². The van der Waals surface area contributed by atoms with E-state index < -0.39 is 11.8 Å². The Morgan fingerprint density at radius 2 is 1.90 bits per heavy atom. The number of carboxylic acid groups (broad SMARTS) is 1. The predicted octanol–water partition coefficient (Wildman–Crippen LogP) is 4.17. The van der Waals surface area contributed by atoms with Gasteiger partial charge < -0.3 is 5.11 Å². The summed E-state index contributed by atoms with van der Waals surface area (Å²) < 4.78 is 13.2. The fourth-order valence-electron chi connectivity index (χ4n) is 1.79. The standard InChI is InChI=1S/C16H13FO2S/c1-20-14-7-5-11(6-8-14)9-15(16(18)19)12-3-2-4-13(17)10-12/h2-10H,1H3,(H,18,19)/b15-9-. The summed E-state index contributed by atoms with van der Waals surface area (Å²) in [5.74, 6) is -1.53. The molecular formula is C16H13FO2S. The fraction of sp³-hybridized carbons (Fsp3) is 0.0625. The van der Waals surface area contributed by atoms with E-state index in [0.717, 1.165) is 10.5 Å². The zero-order valence-electron chi connectivity index (χ0n) is 10.8. The zero-order valence-corrected chi connectivity index (χ0v) is 11.7. The Morgan fingerprint density at radius 1 is 1.20 bits per heavy atom. The van der Waals surface area contributed by atoms with Gasteiger partial charge in [-0.25, -0.2) is 9.18 Å². The average molecular weight is 288 g/mol. The number of carbonyl (C=O) groups is 1. The number of benzene rings is 2. The highest BCUT2D eigenvalue weighted by Crippen LogP contribution is 2.21. The van der Waals surface area contributed by atoms with Crippen molar-refractivity contribution in [3.63, 3.8) is 0 Å². The SMILES string of the molecule is CSc1ccc(/C=C(\C(=O)O)c2cccc(F)c2)cc1. The zero-order chi connectivity index (χ0) is 14.5. The highest BCUT2D eigenvalue weighted by atomic mass is 32.2. The summed E-state index contributed by atoms with van der Waals surface area (Å²) in [6, 6.07) is 13.1. The maximum atomic E-state index is 13.2. The molecule has 0 heterocycles. The smallest absolute Gasteiger partial charge is 0.336 e. The summed E-state index contributed by atoms with van der Waals surface area (Å²) in [6.45, 7) is 0. The van der Waals surface area contributed by atoms with Gasteiger partial charge in [0.1, 0.15) is 5.82 Å². The number of hydrogen-bond donors (Lipinski definition) is 1. The molecule has 1 N–H and O–H groups in total. The summed E-state index contributed by atoms with van der Waals surface area (Å²) in [4.78, 5) is 12.4. The van der Waals surface area contributed by atoms with E-state index in [0.29, 0.717) is 5.56 Å². The Kier molecular flexibility index (Phi) is 4.58. The van der Waals surface area contributed by atoms with E-state index in [1.165, 1.54) is 18.2 Å². The second-order valence-electron chi connectivity index (χ2n) is 4.15. The van der Waals surface area contributed by atoms with Crippen LogP contribution in [-0.2, 0) is 4.79 Å². The van der Waals surface area contributed by atoms with Crippen LogP contribution >= 0.6 is 11.8 Å². The summed E-state index contributed by atoms with van der Waals surface area (Å²) in [7, 11) is 0. The third-order valence-corrected chi connectivity index (χ3v) is 3.54. The molecule has 20 heavy (non-hydrogen) atoms. The molecule has 102 valence electrons. The molecule has 0 bridgehead atoms. The van der Waals surface area contributed by atoms with Crippen LogP contribution in [0.15, 0.2) is 53.4 Å². The van der Waals surface area contributed by atoms with Crippen molar-refractivity contribution in [3.05, 3.63) is 65.5 Å². The minimum Gasteiger partial charge on any atom is -0.478 e. The molecule has 0 unspecified atom stereocenters. The number of carboxylic acids is 1. The quantitative estimate of drug-likeness (QED) is 0.521. The number of rotatable bonds is 4. The summed E-state index contributed by atoms with van der Waals surface area (Å²) >= 11 is 1.61. The number of hydrogen-bond acceptors (Lipinski definition) is 2. The monoisotopic (exact) mass is 288 g/mol. The lowest BCUT2D eigenvalue weighted by Gasteiger charge is -2.04. The Morgan fingerprint density at radius 3 is 2.45 bits per heavy atom. The first-order valence-electron chi connectivity index (χ1n) is 5.95. The van der Waals surface area contributed by atoms with Crippen molar-refractivity contribution >= 4 is 29.4 Å². The van der Waals surface area contributed by atoms with Crippen molar-refractivity contribution in [2.24, 2.45) is 0 Å². The van der Waals surface area contributed by atoms with Gasteiger partial charge in [0.2, 0.25) is 0 Å². The van der Waals surface area contributed by atoms with Crippen molar-refractivity contribution in [3.8, 4) is 0 Å². The van der Waals surface area contributed by atoms with Crippen LogP contribution in [0.2, 0.25) is 0 Å². The van der Waals surface area contributed by atoms with E-state index in [4.69, 9.17) is 0 Å². The van der Waals surface area contributed by atoms with Gasteiger partial charge in [0, 0.05) is 4.90 Å². The molecule has 0 radical (unpaired) electrons. The van der Waals surface area contributed by atoms with Gasteiger partial charge in [-0.15, -0.1) is 11.8 Å². The Bertz CT molecular complexity index is 648. The molecule has 0 aliphatic heterocycles. The summed E-state index contributed by atoms with van der Waals surface area (Å²) in [5.41, 5.74) is 1.19. The van der Waals surface area contributed by atoms with Gasteiger partial charge in [0.25, 0.3) is 0 Å². The summed E-state index contributed by atoms with van der Waals surface area (Å²) in [6.07, 6.45) is 3.52. The van der Waals surface area contributed by atoms with Crippen molar-refractivity contribution in [1.29, 1.82) is 0 Å². The lowest BCUT2D eigenvalue weighted by Crippen LogP contribution is -2.00. The van der Waals surface area contributed by atoms with Gasteiger partial charge in [-0.3, -0.25) is 0 Å². The maximum absolute atomic E-state index is 13.2. The van der Waals surface area contributed by atoms with Crippen molar-refractivity contribution in [1.82, 2.24) is 0 Å². The predicted molar refractivity (Wildman–Crippen MR) is 80.1 cm³/mol. The van der Waals surface area contributed by atoms with Gasteiger partial charge in [0.05, 0.1) is 5.57 Å². The van der Waals surface area contributed by atoms with Gasteiger partial charge in [-0.2, -0.15) is 0 Å². The number of halogens is 1. The van der Waals surface area contributed by atoms with Gasteiger partial charge in [-0.05, 0) is 47.7 Å². The summed E-state index contributed by atoms with van der Waals surface area (Å²) in [5, 5.41) is 9.28. The van der Waals surface area contributed by atoms with E-state index in [2.05, 4.69) is 0 Å². The molecule has 0 amide bonds. The van der Waals surface area contributed by atoms with Gasteiger partial charge in [0.15, 0.2) is 0 Å². The van der Waals surface area contributed by atoms with Crippen LogP contribution in [0.3, 0.4) is 0 Å². The number of thioether (sulfide) groups is 1. The van der Waals surface area contributed by atoms with Crippen LogP contribution in [0, 0.1) is 5.82 Å². The van der Waals surface area contributed by atoms with E-state index in [1.807, 2.05) is 30.5 Å². The lowest BCUT2D eigenvalue weighted by atomic mass is 10.0. The third-order valence-electron chi connectivity index (χ3n) is 2.79. The Hall–Kier alpha value is -2.07. The maximum Gasteiger partial charge on any atom is 0.336 e. The first-order valence-corrected chi connectivity index (χ1v) is 7.17. The molecule has 2 aromatic carbocycles. The molecular weight excluding hydrogens is 275 g/mol. The molecule has 0 atom stereocenters. The topological polar surface area (TPSA) is 37.3 Å². The molecule has 2 rings (SSSR count). The third kappa shape index (κ3) is 3.48. The fourth-order valence-corrected chi connectivity index (χ4v) is 2.20. The molecule has 0 aliphatic carbocycles. The van der Waals surface area contributed by atoms with Crippen molar-refractivity contribution < 1.29 is 14.3 Å². The highest BCUT2D eigenvalue weighted by Gasteiger charge is 2.11. The Labute approximate surface area is 121 Å². The van der Waals surface area contributed by atoms with Crippen LogP contribution in [0.4, 0.5) is 4.39 Å². The minimum atomic E-state index is -1.08. The van der Waals surface area contributed by atoms with Crippen LogP contribution in [0.5, 0.6) is 0 Å². The molecule has 2 aromatic rings. The second-order valence-corrected chi connectivity index (χ2v) is 5.03. The van der Waals surface area contributed by atoms with E-state index >= 15 is 0 Å². The van der Waals surface area contributed by atoms with E-state index in [1.54, 1.807) is 23.9 Å². The molecule has 0 fully saturated rings. The number of aliphatic carboxylic acids is 1. The van der Waals surface area contributed by atoms with Crippen LogP contribution < -0.4 is 0 Å². The first-order chi connectivity index (χ1) is 9.60. The molecule has 0 aromatic heterocycles. The van der Waals surface area contributed by atoms with Crippen LogP contribution in [0.1, 0.15) is 11.1 Å². The second kappa shape index (κ2) is 6.39. The van der Waals surface area contributed by atoms with E-state index in [-0.39, 0.29) is 5.57 Å². The molecule has 0 spiro atoms. The highest BCUT2D eigenvalue weighted by molar-refractivity contribution is 7.98. The molecule has 0 aliphatic rings. The lowest BCUT2D eigenvalue weighted by molar-refractivity contribution is -0.130. The largest absolute Gasteiger partial charge is 0.478 e. The molecule has 2 nitrogen and oxygen atoms in total. The van der Waals surface area contributed by atoms with Gasteiger partial charge in [-0.1, -0.05) is 24.3 Å².